The van der Waals surface area contributed by atoms with Crippen LogP contribution in [0.4, 0.5) is 0 Å². The van der Waals surface area contributed by atoms with Crippen molar-refractivity contribution in [2.75, 3.05) is 45.8 Å². The number of aliphatic hydroxyl groups is 1. The molecule has 0 saturated carbocycles. The summed E-state index contributed by atoms with van der Waals surface area (Å²) >= 11 is 0. The molecule has 0 aromatic rings. The van der Waals surface area contributed by atoms with Crippen molar-refractivity contribution in [1.29, 1.82) is 0 Å². The Morgan fingerprint density at radius 3 is 1.58 bits per heavy atom. The SMILES string of the molecule is CCCCCC/C=C\CCCCC[C@@H](O)CC(=O)NCC(=O)N[C@@H](CCCN=C(N)N)C(=O)N[C@@H]1CCCCNC(=O)[C@H](CCCCN)NC(=O)[C@@H](CCCCN)NC(=O)[C@@H](CCCCN)NC(=O)[C@H](CCCCN)NC1=O. The molecular formula is C54H103N15O9. The van der Waals surface area contributed by atoms with E-state index in [0.29, 0.717) is 90.4 Å². The number of amides is 8. The first kappa shape index (κ1) is 70.6. The third kappa shape index (κ3) is 34.5. The van der Waals surface area contributed by atoms with E-state index in [1.165, 1.54) is 25.7 Å². The molecule has 78 heavy (non-hydrogen) atoms. The molecule has 1 aliphatic rings. The minimum atomic E-state index is -1.27. The van der Waals surface area contributed by atoms with E-state index in [1.54, 1.807) is 0 Å². The summed E-state index contributed by atoms with van der Waals surface area (Å²) in [7, 11) is 0. The van der Waals surface area contributed by atoms with Crippen molar-refractivity contribution < 1.29 is 43.5 Å². The number of hydrogen-bond donors (Lipinski definition) is 15. The van der Waals surface area contributed by atoms with Gasteiger partial charge in [0.1, 0.15) is 36.3 Å². The zero-order valence-corrected chi connectivity index (χ0v) is 47.1. The Morgan fingerprint density at radius 2 is 1.09 bits per heavy atom. The number of aliphatic imine (C=N–C) groups is 1. The predicted molar refractivity (Wildman–Crippen MR) is 305 cm³/mol. The van der Waals surface area contributed by atoms with Crippen LogP contribution >= 0.6 is 0 Å². The Hall–Kier alpha value is -5.43. The first-order valence-electron chi connectivity index (χ1n) is 29.1. The van der Waals surface area contributed by atoms with Gasteiger partial charge in [0.2, 0.25) is 47.3 Å². The summed E-state index contributed by atoms with van der Waals surface area (Å²) < 4.78 is 0. The number of guanidine groups is 1. The minimum Gasteiger partial charge on any atom is -0.393 e. The lowest BCUT2D eigenvalue weighted by molar-refractivity contribution is -0.135. The van der Waals surface area contributed by atoms with E-state index in [0.717, 1.165) is 32.1 Å². The van der Waals surface area contributed by atoms with Gasteiger partial charge in [-0.1, -0.05) is 51.2 Å². The lowest BCUT2D eigenvalue weighted by atomic mass is 10.0. The molecule has 1 rings (SSSR count). The van der Waals surface area contributed by atoms with E-state index in [-0.39, 0.29) is 76.8 Å². The molecule has 1 saturated heterocycles. The van der Waals surface area contributed by atoms with Crippen LogP contribution in [0.5, 0.6) is 0 Å². The normalized spacial score (nSPS) is 19.9. The van der Waals surface area contributed by atoms with E-state index in [2.05, 4.69) is 66.6 Å². The number of aliphatic hydroxyl groups excluding tert-OH is 1. The Kier molecular flexibility index (Phi) is 41.1. The molecule has 0 bridgehead atoms. The molecule has 24 heteroatoms. The van der Waals surface area contributed by atoms with Gasteiger partial charge in [0, 0.05) is 13.1 Å². The van der Waals surface area contributed by atoms with Crippen LogP contribution < -0.4 is 76.9 Å². The molecule has 448 valence electrons. The number of carbonyl (C=O) groups excluding carboxylic acids is 8. The van der Waals surface area contributed by atoms with Crippen LogP contribution in [0.1, 0.15) is 187 Å². The molecule has 1 heterocycles. The van der Waals surface area contributed by atoms with Crippen molar-refractivity contribution >= 4 is 53.2 Å². The van der Waals surface area contributed by atoms with Gasteiger partial charge in [-0.2, -0.15) is 0 Å². The standard InChI is InChI=1S/C54H103N15O9/c1-2-3-4-5-6-7-8-9-10-11-12-24-39(70)37-46(71)63-38-47(72)64-41(30-23-36-62-54(59)60)49(74)66-45-29-17-22-35-61-48(73)40(25-13-18-31-55)65-50(75)42(26-14-19-32-56)67-51(76)43(27-15-20-33-57)68-52(77)44(69-53(45)78)28-16-21-34-58/h7-8,39-45,70H,2-6,9-38,55-58H2,1H3,(H,61,73)(H,63,71)(H,64,72)(H,65,75)(H,66,74)(H,67,76)(H,68,77)(H,69,78)(H4,59,60,62)/b8-7-/t39-,40+,41+,42-,43-,44+,45-/m1/s1. The Morgan fingerprint density at radius 1 is 0.603 bits per heavy atom. The highest BCUT2D eigenvalue weighted by Gasteiger charge is 2.33. The second-order valence-corrected chi connectivity index (χ2v) is 20.4. The largest absolute Gasteiger partial charge is 0.393 e. The summed E-state index contributed by atoms with van der Waals surface area (Å²) in [6.07, 6.45) is 19.1. The van der Waals surface area contributed by atoms with Gasteiger partial charge in [-0.3, -0.25) is 43.3 Å². The van der Waals surface area contributed by atoms with Gasteiger partial charge in [-0.25, -0.2) is 0 Å². The smallest absolute Gasteiger partial charge is 0.243 e. The lowest BCUT2D eigenvalue weighted by Gasteiger charge is -2.28. The molecule has 0 aromatic carbocycles. The van der Waals surface area contributed by atoms with Gasteiger partial charge in [0.05, 0.1) is 19.1 Å². The number of rotatable bonds is 38. The second-order valence-electron chi connectivity index (χ2n) is 20.4. The molecule has 21 N–H and O–H groups in total. The number of carbonyl (C=O) groups is 8. The highest BCUT2D eigenvalue weighted by atomic mass is 16.3. The molecular weight excluding hydrogens is 1000 g/mol. The van der Waals surface area contributed by atoms with E-state index in [1.807, 2.05) is 0 Å². The van der Waals surface area contributed by atoms with E-state index in [9.17, 15) is 43.5 Å². The Labute approximate surface area is 464 Å². The van der Waals surface area contributed by atoms with Crippen molar-refractivity contribution in [1.82, 2.24) is 42.5 Å². The topological polar surface area (TPSA) is 422 Å². The van der Waals surface area contributed by atoms with Crippen LogP contribution in [0.25, 0.3) is 0 Å². The van der Waals surface area contributed by atoms with Crippen molar-refractivity contribution in [3.8, 4) is 0 Å². The van der Waals surface area contributed by atoms with E-state index >= 15 is 0 Å². The van der Waals surface area contributed by atoms with Crippen LogP contribution in [0.3, 0.4) is 0 Å². The second kappa shape index (κ2) is 45.4. The molecule has 0 radical (unpaired) electrons. The maximum atomic E-state index is 14.4. The number of nitrogens with two attached hydrogens (primary N) is 6. The fourth-order valence-corrected chi connectivity index (χ4v) is 8.81. The maximum absolute atomic E-state index is 14.4. The zero-order chi connectivity index (χ0) is 57.8. The summed E-state index contributed by atoms with van der Waals surface area (Å²) in [6.45, 7) is 3.31. The lowest BCUT2D eigenvalue weighted by Crippen LogP contribution is -2.59. The number of nitrogens with one attached hydrogen (secondary N) is 8. The van der Waals surface area contributed by atoms with Crippen LogP contribution in [-0.2, 0) is 38.4 Å². The molecule has 7 atom stereocenters. The number of nitrogens with zero attached hydrogens (tertiary/aromatic N) is 1. The average Bonchev–Trinajstić information content (AvgIpc) is 3.41. The van der Waals surface area contributed by atoms with Gasteiger partial charge in [0.15, 0.2) is 5.96 Å². The molecule has 0 spiro atoms. The molecule has 1 aliphatic heterocycles. The highest BCUT2D eigenvalue weighted by molar-refractivity contribution is 5.97. The fraction of sp³-hybridized carbons (Fsp3) is 0.796. The van der Waals surface area contributed by atoms with Crippen molar-refractivity contribution in [3.05, 3.63) is 12.2 Å². The van der Waals surface area contributed by atoms with Gasteiger partial charge < -0.3 is 82.0 Å². The van der Waals surface area contributed by atoms with Crippen LogP contribution in [-0.4, -0.2) is 146 Å². The van der Waals surface area contributed by atoms with E-state index in [4.69, 9.17) is 34.4 Å². The van der Waals surface area contributed by atoms with Gasteiger partial charge in [0.25, 0.3) is 0 Å². The Balaban J connectivity index is 3.41. The predicted octanol–water partition coefficient (Wildman–Crippen LogP) is 0.109. The summed E-state index contributed by atoms with van der Waals surface area (Å²) in [5.74, 6) is -5.25. The van der Waals surface area contributed by atoms with E-state index < -0.39 is 96.2 Å². The Bertz CT molecular complexity index is 1790. The first-order valence-corrected chi connectivity index (χ1v) is 29.1. The quantitative estimate of drug-likeness (QED) is 0.0169. The molecule has 0 aromatic heterocycles. The monoisotopic (exact) mass is 1110 g/mol. The summed E-state index contributed by atoms with van der Waals surface area (Å²) in [4.78, 5) is 115. The molecule has 8 amide bonds. The first-order chi connectivity index (χ1) is 37.6. The van der Waals surface area contributed by atoms with Gasteiger partial charge in [-0.15, -0.1) is 0 Å². The van der Waals surface area contributed by atoms with Crippen molar-refractivity contribution in [3.63, 3.8) is 0 Å². The molecule has 24 nitrogen and oxygen atoms in total. The highest BCUT2D eigenvalue weighted by Crippen LogP contribution is 2.13. The number of hydrogen-bond acceptors (Lipinski definition) is 14. The van der Waals surface area contributed by atoms with Crippen LogP contribution in [0.2, 0.25) is 0 Å². The molecule has 1 fully saturated rings. The third-order valence-electron chi connectivity index (χ3n) is 13.4. The molecule has 0 aliphatic carbocycles. The van der Waals surface area contributed by atoms with Gasteiger partial charge >= 0.3 is 0 Å². The summed E-state index contributed by atoms with van der Waals surface area (Å²) in [5.41, 5.74) is 34.2. The fourth-order valence-electron chi connectivity index (χ4n) is 8.81. The summed E-state index contributed by atoms with van der Waals surface area (Å²) in [6, 6.07) is -6.89. The average molecular weight is 1110 g/mol. The molecule has 0 unspecified atom stereocenters. The van der Waals surface area contributed by atoms with Gasteiger partial charge in [-0.05, 0) is 167 Å². The number of allylic oxidation sites excluding steroid dienone is 2. The zero-order valence-electron chi connectivity index (χ0n) is 47.1. The minimum absolute atomic E-state index is 0.0186. The van der Waals surface area contributed by atoms with Crippen LogP contribution in [0.15, 0.2) is 17.1 Å². The summed E-state index contributed by atoms with van der Waals surface area (Å²) in [5, 5.41) is 32.6. The maximum Gasteiger partial charge on any atom is 0.243 e. The third-order valence-corrected chi connectivity index (χ3v) is 13.4. The number of unbranched alkanes of at least 4 members (excludes halogenated alkanes) is 11. The van der Waals surface area contributed by atoms with Crippen molar-refractivity contribution in [2.45, 2.75) is 229 Å². The van der Waals surface area contributed by atoms with Crippen molar-refractivity contribution in [2.24, 2.45) is 39.4 Å². The van der Waals surface area contributed by atoms with Crippen LogP contribution in [0, 0.1) is 0 Å².